The highest BCUT2D eigenvalue weighted by Crippen LogP contribution is 2.28. The van der Waals surface area contributed by atoms with Gasteiger partial charge in [0.15, 0.2) is 17.2 Å². The lowest BCUT2D eigenvalue weighted by Gasteiger charge is -2.33. The Kier molecular flexibility index (Phi) is 6.85. The van der Waals surface area contributed by atoms with Gasteiger partial charge in [0.25, 0.3) is 0 Å². The third-order valence-corrected chi connectivity index (χ3v) is 4.79. The summed E-state index contributed by atoms with van der Waals surface area (Å²) >= 11 is 5.38. The van der Waals surface area contributed by atoms with Crippen LogP contribution in [-0.4, -0.2) is 49.9 Å². The van der Waals surface area contributed by atoms with E-state index >= 15 is 0 Å². The first-order valence-electron chi connectivity index (χ1n) is 8.56. The number of hydrogen-bond donors (Lipinski definition) is 3. The summed E-state index contributed by atoms with van der Waals surface area (Å²) in [5.41, 5.74) is -1.59. The Morgan fingerprint density at radius 1 is 0.929 bits per heavy atom. The molecule has 2 aromatic rings. The molecule has 0 saturated heterocycles. The Hall–Kier alpha value is -2.38. The molecule has 0 radical (unpaired) electrons. The second-order valence-corrected chi connectivity index (χ2v) is 7.09. The minimum Gasteiger partial charge on any atom is -0.386 e. The van der Waals surface area contributed by atoms with Gasteiger partial charge >= 0.3 is 0 Å². The number of aryl methyl sites for hydroxylation is 2. The van der Waals surface area contributed by atoms with Crippen LogP contribution in [0.4, 0.5) is 0 Å². The number of halogens is 1. The minimum atomic E-state index is -2.78. The van der Waals surface area contributed by atoms with Gasteiger partial charge in [-0.15, -0.1) is 0 Å². The SMILES string of the molecule is Cc1ccccc1C(=O)C(O)[C@H](O)[C@](O)(CC(=O)Cl)C(=O)c1ccccc1C. The number of rotatable bonds is 8. The van der Waals surface area contributed by atoms with Crippen molar-refractivity contribution in [3.05, 3.63) is 70.8 Å². The number of ketones is 2. The zero-order valence-electron chi connectivity index (χ0n) is 15.4. The second-order valence-electron chi connectivity index (χ2n) is 6.67. The summed E-state index contributed by atoms with van der Waals surface area (Å²) in [5.74, 6) is -1.90. The van der Waals surface area contributed by atoms with Crippen LogP contribution >= 0.6 is 11.6 Å². The van der Waals surface area contributed by atoms with Crippen molar-refractivity contribution in [2.45, 2.75) is 38.1 Å². The number of Topliss-reactive ketones (excluding diaryl/α,β-unsaturated/α-hetero) is 2. The maximum Gasteiger partial charge on any atom is 0.225 e. The number of aliphatic hydroxyl groups is 3. The van der Waals surface area contributed by atoms with E-state index in [9.17, 15) is 29.7 Å². The molecule has 0 heterocycles. The summed E-state index contributed by atoms with van der Waals surface area (Å²) in [7, 11) is 0. The third-order valence-electron chi connectivity index (χ3n) is 4.66. The van der Waals surface area contributed by atoms with E-state index in [1.807, 2.05) is 0 Å². The Morgan fingerprint density at radius 2 is 1.39 bits per heavy atom. The van der Waals surface area contributed by atoms with Crippen LogP contribution in [-0.2, 0) is 4.79 Å². The first-order valence-corrected chi connectivity index (χ1v) is 8.94. The molecular formula is C21H21ClO6. The number of aliphatic hydroxyl groups excluding tert-OH is 2. The van der Waals surface area contributed by atoms with E-state index in [4.69, 9.17) is 11.6 Å². The number of benzene rings is 2. The van der Waals surface area contributed by atoms with Crippen molar-refractivity contribution in [2.24, 2.45) is 0 Å². The standard InChI is InChI=1S/C21H21ClO6/c1-12-7-3-5-9-14(12)17(24)18(25)20(27)21(28,11-16(22)23)19(26)15-10-6-4-8-13(15)2/h3-10,18,20,25,27-28H,11H2,1-2H3/t18?,20-,21-/m0/s1. The summed E-state index contributed by atoms with van der Waals surface area (Å²) in [4.78, 5) is 37.0. The molecule has 0 aliphatic heterocycles. The molecule has 7 heteroatoms. The van der Waals surface area contributed by atoms with Gasteiger partial charge < -0.3 is 15.3 Å². The van der Waals surface area contributed by atoms with E-state index in [1.165, 1.54) is 12.1 Å². The molecule has 2 rings (SSSR count). The van der Waals surface area contributed by atoms with E-state index < -0.39 is 41.0 Å². The molecule has 148 valence electrons. The van der Waals surface area contributed by atoms with Crippen LogP contribution < -0.4 is 0 Å². The molecule has 0 aliphatic carbocycles. The van der Waals surface area contributed by atoms with Gasteiger partial charge in [-0.1, -0.05) is 48.5 Å². The molecule has 0 bridgehead atoms. The van der Waals surface area contributed by atoms with Crippen LogP contribution in [0.3, 0.4) is 0 Å². The number of carbonyl (C=O) groups is 3. The summed E-state index contributed by atoms with van der Waals surface area (Å²) in [6.45, 7) is 3.25. The van der Waals surface area contributed by atoms with Crippen LogP contribution in [0.1, 0.15) is 38.3 Å². The smallest absolute Gasteiger partial charge is 0.225 e. The van der Waals surface area contributed by atoms with E-state index in [1.54, 1.807) is 50.2 Å². The Morgan fingerprint density at radius 3 is 1.86 bits per heavy atom. The molecule has 1 unspecified atom stereocenters. The number of carbonyl (C=O) groups excluding carboxylic acids is 3. The van der Waals surface area contributed by atoms with Crippen LogP contribution in [0.5, 0.6) is 0 Å². The predicted octanol–water partition coefficient (Wildman–Crippen LogP) is 1.98. The van der Waals surface area contributed by atoms with Gasteiger partial charge in [0.1, 0.15) is 12.2 Å². The number of hydrogen-bond acceptors (Lipinski definition) is 6. The molecule has 3 atom stereocenters. The quantitative estimate of drug-likeness (QED) is 0.458. The van der Waals surface area contributed by atoms with Crippen molar-refractivity contribution in [1.29, 1.82) is 0 Å². The highest BCUT2D eigenvalue weighted by Gasteiger charge is 2.50. The Balaban J connectivity index is 2.45. The van der Waals surface area contributed by atoms with Gasteiger partial charge in [-0.25, -0.2) is 0 Å². The minimum absolute atomic E-state index is 0.0394. The van der Waals surface area contributed by atoms with Crippen molar-refractivity contribution < 1.29 is 29.7 Å². The lowest BCUT2D eigenvalue weighted by Crippen LogP contribution is -2.57. The van der Waals surface area contributed by atoms with Gasteiger partial charge in [-0.05, 0) is 36.6 Å². The van der Waals surface area contributed by atoms with Crippen LogP contribution in [0.25, 0.3) is 0 Å². The molecule has 0 aliphatic rings. The third kappa shape index (κ3) is 4.36. The first kappa shape index (κ1) is 21.9. The first-order chi connectivity index (χ1) is 13.1. The highest BCUT2D eigenvalue weighted by atomic mass is 35.5. The largest absolute Gasteiger partial charge is 0.386 e. The maximum atomic E-state index is 13.0. The van der Waals surface area contributed by atoms with Gasteiger partial charge in [-0.3, -0.25) is 14.4 Å². The van der Waals surface area contributed by atoms with Crippen molar-refractivity contribution in [3.8, 4) is 0 Å². The molecule has 0 spiro atoms. The van der Waals surface area contributed by atoms with Crippen LogP contribution in [0, 0.1) is 13.8 Å². The van der Waals surface area contributed by atoms with Crippen molar-refractivity contribution in [3.63, 3.8) is 0 Å². The Labute approximate surface area is 167 Å². The fourth-order valence-corrected chi connectivity index (χ4v) is 3.21. The van der Waals surface area contributed by atoms with E-state index in [-0.39, 0.29) is 11.1 Å². The van der Waals surface area contributed by atoms with E-state index in [2.05, 4.69) is 0 Å². The molecule has 6 nitrogen and oxygen atoms in total. The van der Waals surface area contributed by atoms with Gasteiger partial charge in [0.2, 0.25) is 5.24 Å². The van der Waals surface area contributed by atoms with Crippen molar-refractivity contribution in [1.82, 2.24) is 0 Å². The molecule has 28 heavy (non-hydrogen) atoms. The molecule has 0 amide bonds. The summed E-state index contributed by atoms with van der Waals surface area (Å²) < 4.78 is 0. The molecular weight excluding hydrogens is 384 g/mol. The van der Waals surface area contributed by atoms with Gasteiger partial charge in [-0.2, -0.15) is 0 Å². The molecule has 0 fully saturated rings. The zero-order valence-corrected chi connectivity index (χ0v) is 16.2. The summed E-state index contributed by atoms with van der Waals surface area (Å²) in [5, 5.41) is 30.8. The van der Waals surface area contributed by atoms with Crippen LogP contribution in [0.15, 0.2) is 48.5 Å². The molecule has 0 saturated carbocycles. The lowest BCUT2D eigenvalue weighted by molar-refractivity contribution is -0.125. The van der Waals surface area contributed by atoms with Gasteiger partial charge in [0, 0.05) is 11.1 Å². The van der Waals surface area contributed by atoms with Crippen molar-refractivity contribution >= 4 is 28.4 Å². The normalized spacial score (nSPS) is 15.4. The zero-order chi connectivity index (χ0) is 21.1. The van der Waals surface area contributed by atoms with Gasteiger partial charge in [0.05, 0.1) is 6.42 Å². The van der Waals surface area contributed by atoms with E-state index in [0.29, 0.717) is 11.1 Å². The summed E-state index contributed by atoms with van der Waals surface area (Å²) in [6.07, 6.45) is -5.38. The average molecular weight is 405 g/mol. The predicted molar refractivity (Wildman–Crippen MR) is 103 cm³/mol. The summed E-state index contributed by atoms with van der Waals surface area (Å²) in [6, 6.07) is 12.6. The van der Waals surface area contributed by atoms with E-state index in [0.717, 1.165) is 0 Å². The van der Waals surface area contributed by atoms with Crippen LogP contribution in [0.2, 0.25) is 0 Å². The average Bonchev–Trinajstić information content (AvgIpc) is 2.65. The fourth-order valence-electron chi connectivity index (χ4n) is 3.01. The Bertz CT molecular complexity index is 909. The lowest BCUT2D eigenvalue weighted by atomic mass is 9.80. The highest BCUT2D eigenvalue weighted by molar-refractivity contribution is 6.63. The fraction of sp³-hybridized carbons (Fsp3) is 0.286. The second kappa shape index (κ2) is 8.75. The molecule has 3 N–H and O–H groups in total. The topological polar surface area (TPSA) is 112 Å². The maximum absolute atomic E-state index is 13.0. The van der Waals surface area contributed by atoms with Crippen molar-refractivity contribution in [2.75, 3.05) is 0 Å². The molecule has 0 aromatic heterocycles. The monoisotopic (exact) mass is 404 g/mol. The molecule has 2 aromatic carbocycles.